The summed E-state index contributed by atoms with van der Waals surface area (Å²) in [5.74, 6) is 0.485. The lowest BCUT2D eigenvalue weighted by Crippen LogP contribution is -2.24. The fourth-order valence-electron chi connectivity index (χ4n) is 2.66. The van der Waals surface area contributed by atoms with Crippen LogP contribution in [0.3, 0.4) is 0 Å². The first-order valence-electron chi connectivity index (χ1n) is 9.75. The molecule has 3 aromatic rings. The van der Waals surface area contributed by atoms with E-state index in [0.717, 1.165) is 16.9 Å². The summed E-state index contributed by atoms with van der Waals surface area (Å²) in [4.78, 5) is 23.8. The first-order valence-corrected chi connectivity index (χ1v) is 10.1. The predicted octanol–water partition coefficient (Wildman–Crippen LogP) is 4.41. The second-order valence-electron chi connectivity index (χ2n) is 6.70. The molecule has 0 radical (unpaired) electrons. The number of amides is 2. The molecular weight excluding hydrogens is 430 g/mol. The van der Waals surface area contributed by atoms with Gasteiger partial charge in [0.05, 0.1) is 24.0 Å². The average molecular weight is 452 g/mol. The molecule has 0 aliphatic carbocycles. The minimum Gasteiger partial charge on any atom is -0.497 e. The number of hydrogen-bond donors (Lipinski definition) is 2. The van der Waals surface area contributed by atoms with Crippen molar-refractivity contribution in [1.29, 1.82) is 0 Å². The monoisotopic (exact) mass is 451 g/mol. The zero-order chi connectivity index (χ0) is 22.8. The number of anilines is 1. The first-order chi connectivity index (χ1) is 15.5. The van der Waals surface area contributed by atoms with E-state index in [1.807, 2.05) is 48.5 Å². The summed E-state index contributed by atoms with van der Waals surface area (Å²) in [6.45, 7) is 0.434. The highest BCUT2D eigenvalue weighted by atomic mass is 35.5. The molecule has 0 aliphatic rings. The van der Waals surface area contributed by atoms with Gasteiger partial charge >= 0.3 is 0 Å². The highest BCUT2D eigenvalue weighted by Gasteiger charge is 2.10. The van der Waals surface area contributed by atoms with Crippen LogP contribution >= 0.6 is 11.6 Å². The van der Waals surface area contributed by atoms with Gasteiger partial charge in [-0.15, -0.1) is 0 Å². The van der Waals surface area contributed by atoms with Crippen LogP contribution in [0.15, 0.2) is 77.9 Å². The van der Waals surface area contributed by atoms with Gasteiger partial charge in [0.2, 0.25) is 11.8 Å². The van der Waals surface area contributed by atoms with Crippen LogP contribution in [0.2, 0.25) is 5.02 Å². The smallest absolute Gasteiger partial charge is 0.249 e. The molecule has 7 nitrogen and oxygen atoms in total. The number of hydrogen-bond acceptors (Lipinski definition) is 5. The van der Waals surface area contributed by atoms with E-state index in [0.29, 0.717) is 23.1 Å². The molecule has 0 spiro atoms. The molecule has 0 fully saturated rings. The number of para-hydroxylation sites is 1. The predicted molar refractivity (Wildman–Crippen MR) is 124 cm³/mol. The molecule has 0 bridgehead atoms. The summed E-state index contributed by atoms with van der Waals surface area (Å²) in [6, 6.07) is 21.7. The Bertz CT molecular complexity index is 1080. The van der Waals surface area contributed by atoms with Crippen molar-refractivity contribution in [3.63, 3.8) is 0 Å². The number of methoxy groups -OCH3 is 1. The highest BCUT2D eigenvalue weighted by Crippen LogP contribution is 2.20. The zero-order valence-electron chi connectivity index (χ0n) is 17.4. The summed E-state index contributed by atoms with van der Waals surface area (Å²) in [5.41, 5.74) is 4.57. The van der Waals surface area contributed by atoms with E-state index >= 15 is 0 Å². The Kier molecular flexibility index (Phi) is 8.22. The number of hydrazone groups is 1. The number of carbonyl (C=O) groups excluding carboxylic acids is 2. The van der Waals surface area contributed by atoms with Gasteiger partial charge < -0.3 is 14.8 Å². The molecule has 8 heteroatoms. The van der Waals surface area contributed by atoms with Crippen LogP contribution in [0.1, 0.15) is 17.5 Å². The van der Waals surface area contributed by atoms with Crippen LogP contribution in [0, 0.1) is 0 Å². The van der Waals surface area contributed by atoms with Gasteiger partial charge in [-0.2, -0.15) is 5.10 Å². The second-order valence-corrected chi connectivity index (χ2v) is 7.11. The van der Waals surface area contributed by atoms with Crippen LogP contribution in [0.4, 0.5) is 5.69 Å². The summed E-state index contributed by atoms with van der Waals surface area (Å²) in [7, 11) is 1.63. The van der Waals surface area contributed by atoms with Crippen molar-refractivity contribution in [3.05, 3.63) is 88.9 Å². The van der Waals surface area contributed by atoms with Crippen LogP contribution in [-0.4, -0.2) is 25.1 Å². The number of halogens is 1. The van der Waals surface area contributed by atoms with E-state index in [4.69, 9.17) is 21.1 Å². The largest absolute Gasteiger partial charge is 0.497 e. The average Bonchev–Trinajstić information content (AvgIpc) is 2.80. The van der Waals surface area contributed by atoms with Gasteiger partial charge in [0.25, 0.3) is 0 Å². The Hall–Kier alpha value is -3.84. The lowest BCUT2D eigenvalue weighted by Gasteiger charge is -2.07. The van der Waals surface area contributed by atoms with Crippen molar-refractivity contribution >= 4 is 35.3 Å². The van der Waals surface area contributed by atoms with Crippen molar-refractivity contribution in [2.45, 2.75) is 13.0 Å². The van der Waals surface area contributed by atoms with Gasteiger partial charge in [-0.25, -0.2) is 5.43 Å². The number of rotatable bonds is 9. The molecule has 3 rings (SSSR count). The van der Waals surface area contributed by atoms with Crippen molar-refractivity contribution in [2.24, 2.45) is 5.10 Å². The van der Waals surface area contributed by atoms with E-state index in [9.17, 15) is 9.59 Å². The van der Waals surface area contributed by atoms with Crippen molar-refractivity contribution in [2.75, 3.05) is 12.4 Å². The van der Waals surface area contributed by atoms with Gasteiger partial charge in [-0.3, -0.25) is 9.59 Å². The number of nitrogens with zero attached hydrogens (tertiary/aromatic N) is 1. The molecule has 0 aromatic heterocycles. The van der Waals surface area contributed by atoms with Crippen LogP contribution in [-0.2, 0) is 16.2 Å². The summed E-state index contributed by atoms with van der Waals surface area (Å²) in [5, 5.41) is 6.86. The standard InChI is InChI=1S/C24H22ClN3O4/c1-31-19-10-8-18(9-11-19)16-32-20-12-6-17(7-13-20)15-26-28-24(30)14-23(29)27-22-5-3-2-4-21(22)25/h2-13,15H,14,16H2,1H3,(H,27,29)(H,28,30). The summed E-state index contributed by atoms with van der Waals surface area (Å²) < 4.78 is 10.9. The topological polar surface area (TPSA) is 89.0 Å². The number of benzene rings is 3. The zero-order valence-corrected chi connectivity index (χ0v) is 18.1. The molecule has 2 N–H and O–H groups in total. The second kappa shape index (κ2) is 11.5. The van der Waals surface area contributed by atoms with Crippen molar-refractivity contribution < 1.29 is 19.1 Å². The maximum atomic E-state index is 11.9. The lowest BCUT2D eigenvalue weighted by molar-refractivity contribution is -0.126. The van der Waals surface area contributed by atoms with Crippen LogP contribution in [0.25, 0.3) is 0 Å². The van der Waals surface area contributed by atoms with Crippen LogP contribution in [0.5, 0.6) is 11.5 Å². The minimum atomic E-state index is -0.537. The first kappa shape index (κ1) is 22.8. The third-order valence-electron chi connectivity index (χ3n) is 4.32. The maximum absolute atomic E-state index is 11.9. The highest BCUT2D eigenvalue weighted by molar-refractivity contribution is 6.33. The van der Waals surface area contributed by atoms with Gasteiger partial charge in [0.15, 0.2) is 0 Å². The fourth-order valence-corrected chi connectivity index (χ4v) is 2.84. The minimum absolute atomic E-state index is 0.374. The molecular formula is C24H22ClN3O4. The van der Waals surface area contributed by atoms with E-state index in [1.54, 1.807) is 31.4 Å². The molecule has 32 heavy (non-hydrogen) atoms. The van der Waals surface area contributed by atoms with Gasteiger partial charge in [0, 0.05) is 0 Å². The Morgan fingerprint density at radius 2 is 1.62 bits per heavy atom. The molecule has 0 unspecified atom stereocenters. The number of carbonyl (C=O) groups is 2. The lowest BCUT2D eigenvalue weighted by atomic mass is 10.2. The Balaban J connectivity index is 1.42. The van der Waals surface area contributed by atoms with Gasteiger partial charge in [-0.05, 0) is 59.7 Å². The van der Waals surface area contributed by atoms with Crippen molar-refractivity contribution in [1.82, 2.24) is 5.43 Å². The Morgan fingerprint density at radius 1 is 0.938 bits per heavy atom. The Labute approximate surface area is 191 Å². The fraction of sp³-hybridized carbons (Fsp3) is 0.125. The quantitative estimate of drug-likeness (QED) is 0.286. The molecule has 0 aliphatic heterocycles. The normalized spacial score (nSPS) is 10.6. The molecule has 0 atom stereocenters. The molecule has 0 saturated heterocycles. The van der Waals surface area contributed by atoms with Crippen LogP contribution < -0.4 is 20.2 Å². The van der Waals surface area contributed by atoms with Gasteiger partial charge in [-0.1, -0.05) is 35.9 Å². The molecule has 164 valence electrons. The molecule has 3 aromatic carbocycles. The molecule has 0 heterocycles. The van der Waals surface area contributed by atoms with E-state index in [-0.39, 0.29) is 6.42 Å². The van der Waals surface area contributed by atoms with Crippen molar-refractivity contribution in [3.8, 4) is 11.5 Å². The van der Waals surface area contributed by atoms with Gasteiger partial charge in [0.1, 0.15) is 24.5 Å². The van der Waals surface area contributed by atoms with E-state index < -0.39 is 11.8 Å². The number of ether oxygens (including phenoxy) is 2. The Morgan fingerprint density at radius 3 is 2.31 bits per heavy atom. The number of nitrogens with one attached hydrogen (secondary N) is 2. The summed E-state index contributed by atoms with van der Waals surface area (Å²) >= 11 is 5.98. The SMILES string of the molecule is COc1ccc(COc2ccc(C=NNC(=O)CC(=O)Nc3ccccc3Cl)cc2)cc1. The van der Waals surface area contributed by atoms with E-state index in [1.165, 1.54) is 6.21 Å². The molecule has 2 amide bonds. The summed E-state index contributed by atoms with van der Waals surface area (Å²) in [6.07, 6.45) is 1.11. The van der Waals surface area contributed by atoms with E-state index in [2.05, 4.69) is 15.8 Å². The third kappa shape index (κ3) is 7.14. The third-order valence-corrected chi connectivity index (χ3v) is 4.65. The maximum Gasteiger partial charge on any atom is 0.249 e. The molecule has 0 saturated carbocycles.